The number of aromatic nitrogens is 1. The molecule has 5 rings (SSSR count). The Bertz CT molecular complexity index is 1560. The van der Waals surface area contributed by atoms with Crippen molar-refractivity contribution in [3.8, 4) is 11.8 Å². The first-order valence-electron chi connectivity index (χ1n) is 21.2. The molecular formula is C38H64N2O25. The van der Waals surface area contributed by atoms with Gasteiger partial charge in [-0.25, -0.2) is 4.79 Å². The maximum atomic E-state index is 12.3. The summed E-state index contributed by atoms with van der Waals surface area (Å²) in [5.41, 5.74) is 0. The first kappa shape index (κ1) is 53.4. The molecule has 0 saturated carbocycles. The fraction of sp³-hybridized carbons (Fsp3) is 0.868. The minimum absolute atomic E-state index is 0.0665. The van der Waals surface area contributed by atoms with Crippen LogP contribution in [0.15, 0.2) is 12.1 Å². The molecule has 4 aliphatic heterocycles. The molecule has 4 aliphatic rings. The zero-order valence-corrected chi connectivity index (χ0v) is 35.4. The molecule has 0 aliphatic carbocycles. The van der Waals surface area contributed by atoms with E-state index in [0.29, 0.717) is 30.5 Å². The van der Waals surface area contributed by atoms with Crippen molar-refractivity contribution in [1.29, 1.82) is 0 Å². The van der Waals surface area contributed by atoms with Crippen LogP contribution in [-0.4, -0.2) is 268 Å². The minimum atomic E-state index is -1.95. The molecule has 65 heavy (non-hydrogen) atoms. The van der Waals surface area contributed by atoms with E-state index in [1.807, 2.05) is 4.90 Å². The number of hydrogen-bond acceptors (Lipinski definition) is 26. The van der Waals surface area contributed by atoms with Gasteiger partial charge in [0.15, 0.2) is 25.2 Å². The lowest BCUT2D eigenvalue weighted by Gasteiger charge is -2.46. The van der Waals surface area contributed by atoms with Gasteiger partial charge in [-0.3, -0.25) is 4.90 Å². The van der Waals surface area contributed by atoms with Gasteiger partial charge in [-0.15, -0.1) is 4.73 Å². The molecule has 0 radical (unpaired) electrons. The topological polar surface area (TPSA) is 412 Å². The molecule has 1 aromatic rings. The van der Waals surface area contributed by atoms with E-state index < -0.39 is 160 Å². The number of carbonyl (C=O) groups is 1. The molecule has 376 valence electrons. The van der Waals surface area contributed by atoms with Gasteiger partial charge in [-0.2, -0.15) is 0 Å². The van der Waals surface area contributed by atoms with Crippen LogP contribution in [0.5, 0.6) is 11.8 Å². The maximum absolute atomic E-state index is 12.3. The molecule has 4 fully saturated rings. The number of rotatable bonds is 22. The standard InChI is InChI=1S/C38H64N2O25/c1-16-23(46)27(50)30(53)35(60-16)57-11-9-39(8-4-2-3-5-22(45)65-40-20(43)6-7-21(40)44)10-12-58-37-33(56)34(64-38-32(55)29(52)25(48)18(14-42)62-38)26(49)19(63-37)15-59-36-31(54)28(51)24(47)17(13-41)61-36/h6-7,16-19,23-38,41-44,46-56H,2-5,8-15H2,1H3/t16-,17+,18+,19+,23+,24+,25+,26+,27+,28-,29-,30-,31-,32-,33-,34-,35-,36-,37-,38+/m0/s1. The lowest BCUT2D eigenvalue weighted by Crippen LogP contribution is -2.65. The van der Waals surface area contributed by atoms with Crippen molar-refractivity contribution in [2.45, 2.75) is 155 Å². The van der Waals surface area contributed by atoms with E-state index in [4.69, 9.17) is 42.7 Å². The van der Waals surface area contributed by atoms with E-state index in [0.717, 1.165) is 12.1 Å². The van der Waals surface area contributed by atoms with Gasteiger partial charge in [-0.1, -0.05) is 6.42 Å². The van der Waals surface area contributed by atoms with E-state index in [9.17, 15) is 81.4 Å². The molecule has 0 spiro atoms. The second-order valence-corrected chi connectivity index (χ2v) is 16.2. The molecular weight excluding hydrogens is 884 g/mol. The van der Waals surface area contributed by atoms with Gasteiger partial charge >= 0.3 is 5.97 Å². The van der Waals surface area contributed by atoms with Crippen molar-refractivity contribution in [3.63, 3.8) is 0 Å². The van der Waals surface area contributed by atoms with Gasteiger partial charge in [0.2, 0.25) is 11.8 Å². The third-order valence-electron chi connectivity index (χ3n) is 11.6. The van der Waals surface area contributed by atoms with Crippen molar-refractivity contribution < 1.29 is 124 Å². The molecule has 27 nitrogen and oxygen atoms in total. The van der Waals surface area contributed by atoms with Crippen molar-refractivity contribution >= 4 is 5.97 Å². The van der Waals surface area contributed by atoms with Crippen LogP contribution in [0.2, 0.25) is 0 Å². The number of carbonyl (C=O) groups excluding carboxylic acids is 1. The van der Waals surface area contributed by atoms with E-state index in [2.05, 4.69) is 0 Å². The average molecular weight is 949 g/mol. The summed E-state index contributed by atoms with van der Waals surface area (Å²) in [6.07, 6.45) is -31.2. The summed E-state index contributed by atoms with van der Waals surface area (Å²) in [5.74, 6) is -1.67. The molecule has 1 aromatic heterocycles. The quantitative estimate of drug-likeness (QED) is 0.0480. The van der Waals surface area contributed by atoms with Crippen LogP contribution < -0.4 is 4.84 Å². The molecule has 0 amide bonds. The Balaban J connectivity index is 1.24. The van der Waals surface area contributed by atoms with E-state index in [-0.39, 0.29) is 32.7 Å². The first-order valence-corrected chi connectivity index (χ1v) is 21.2. The highest BCUT2D eigenvalue weighted by Crippen LogP contribution is 2.31. The molecule has 20 atom stereocenters. The van der Waals surface area contributed by atoms with Gasteiger partial charge < -0.3 is 119 Å². The summed E-state index contributed by atoms with van der Waals surface area (Å²) in [7, 11) is 0. The highest BCUT2D eigenvalue weighted by Gasteiger charge is 2.52. The number of hydrogen-bond donors (Lipinski definition) is 15. The van der Waals surface area contributed by atoms with Crippen molar-refractivity contribution in [3.05, 3.63) is 12.1 Å². The number of aromatic hydroxyl groups is 2. The first-order chi connectivity index (χ1) is 30.9. The third kappa shape index (κ3) is 13.4. The van der Waals surface area contributed by atoms with Crippen molar-refractivity contribution in [1.82, 2.24) is 9.63 Å². The Morgan fingerprint density at radius 3 is 1.63 bits per heavy atom. The van der Waals surface area contributed by atoms with Gasteiger partial charge in [0.05, 0.1) is 39.1 Å². The molecule has 5 heterocycles. The number of nitrogens with zero attached hydrogens (tertiary/aromatic N) is 2. The van der Waals surface area contributed by atoms with Crippen LogP contribution in [0, 0.1) is 0 Å². The molecule has 4 saturated heterocycles. The maximum Gasteiger partial charge on any atom is 0.333 e. The normalized spacial score (nSPS) is 40.3. The summed E-state index contributed by atoms with van der Waals surface area (Å²) in [4.78, 5) is 19.1. The van der Waals surface area contributed by atoms with E-state index in [1.54, 1.807) is 0 Å². The lowest BCUT2D eigenvalue weighted by molar-refractivity contribution is -0.366. The number of aliphatic hydroxyl groups is 13. The summed E-state index contributed by atoms with van der Waals surface area (Å²) in [5, 5.41) is 154. The van der Waals surface area contributed by atoms with Crippen LogP contribution >= 0.6 is 0 Å². The van der Waals surface area contributed by atoms with Crippen LogP contribution in [0.1, 0.15) is 32.6 Å². The monoisotopic (exact) mass is 948 g/mol. The summed E-state index contributed by atoms with van der Waals surface area (Å²) < 4.78 is 45.7. The Labute approximate surface area is 371 Å². The summed E-state index contributed by atoms with van der Waals surface area (Å²) in [6, 6.07) is 2.28. The SMILES string of the molecule is C[C@@H]1O[C@H](OCCN(CCCCCC(=O)On2c(O)ccc2O)CCO[C@H]2O[C@H](CO[C@H]3O[C@H](CO)[C@@H](O)[C@H](O)[C@@H]3O)[C@@H](O)[C@H](O[C@H]3O[C@H](CO)[C@@H](O)[C@H](O)[C@@H]3O)[C@@H]2O)[C@@H](O)[C@H](O)[C@@H]1O. The zero-order valence-electron chi connectivity index (χ0n) is 35.4. The number of unbranched alkanes of at least 4 members (excludes halogenated alkanes) is 2. The number of aliphatic hydroxyl groups excluding tert-OH is 13. The Kier molecular flexibility index (Phi) is 20.3. The predicted octanol–water partition coefficient (Wildman–Crippen LogP) is -7.97. The minimum Gasteiger partial charge on any atom is -0.492 e. The highest BCUT2D eigenvalue weighted by molar-refractivity contribution is 5.69. The molecule has 15 N–H and O–H groups in total. The molecule has 27 heteroatoms. The van der Waals surface area contributed by atoms with E-state index >= 15 is 0 Å². The highest BCUT2D eigenvalue weighted by atomic mass is 16.8. The summed E-state index contributed by atoms with van der Waals surface area (Å²) >= 11 is 0. The Morgan fingerprint density at radius 2 is 1.06 bits per heavy atom. The second-order valence-electron chi connectivity index (χ2n) is 16.2. The van der Waals surface area contributed by atoms with Gasteiger partial charge in [0.1, 0.15) is 91.6 Å². The second kappa shape index (κ2) is 24.7. The third-order valence-corrected chi connectivity index (χ3v) is 11.6. The van der Waals surface area contributed by atoms with Gasteiger partial charge in [0, 0.05) is 31.6 Å². The smallest absolute Gasteiger partial charge is 0.333 e. The largest absolute Gasteiger partial charge is 0.492 e. The molecule has 0 bridgehead atoms. The van der Waals surface area contributed by atoms with Crippen molar-refractivity contribution in [2.75, 3.05) is 52.7 Å². The summed E-state index contributed by atoms with van der Waals surface area (Å²) in [6.45, 7) is -0.467. The van der Waals surface area contributed by atoms with Crippen LogP contribution in [-0.2, 0) is 42.7 Å². The Morgan fingerprint density at radius 1 is 0.569 bits per heavy atom. The fourth-order valence-corrected chi connectivity index (χ4v) is 7.57. The lowest BCUT2D eigenvalue weighted by atomic mass is 9.96. The average Bonchev–Trinajstić information content (AvgIpc) is 3.60. The van der Waals surface area contributed by atoms with Crippen LogP contribution in [0.3, 0.4) is 0 Å². The predicted molar refractivity (Wildman–Crippen MR) is 208 cm³/mol. The zero-order chi connectivity index (χ0) is 47.7. The van der Waals surface area contributed by atoms with Crippen LogP contribution in [0.4, 0.5) is 0 Å². The van der Waals surface area contributed by atoms with Crippen molar-refractivity contribution in [2.24, 2.45) is 0 Å². The van der Waals surface area contributed by atoms with Gasteiger partial charge in [0.25, 0.3) is 0 Å². The molecule has 0 aromatic carbocycles. The Hall–Kier alpha value is -2.53. The molecule has 0 unspecified atom stereocenters. The van der Waals surface area contributed by atoms with Crippen LogP contribution in [0.25, 0.3) is 0 Å². The van der Waals surface area contributed by atoms with E-state index in [1.165, 1.54) is 6.92 Å². The van der Waals surface area contributed by atoms with Gasteiger partial charge in [-0.05, 0) is 26.3 Å². The fourth-order valence-electron chi connectivity index (χ4n) is 7.57. The number of ether oxygens (including phenoxy) is 8.